The van der Waals surface area contributed by atoms with Crippen LogP contribution in [0.25, 0.3) is 0 Å². The van der Waals surface area contributed by atoms with Gasteiger partial charge < -0.3 is 10.2 Å². The van der Waals surface area contributed by atoms with Gasteiger partial charge in [0.25, 0.3) is 5.91 Å². The predicted octanol–water partition coefficient (Wildman–Crippen LogP) is 2.01. The molecule has 0 saturated carbocycles. The Balaban J connectivity index is 2.01. The first-order valence-electron chi connectivity index (χ1n) is 7.10. The van der Waals surface area contributed by atoms with Crippen LogP contribution in [0.15, 0.2) is 48.5 Å². The molecule has 0 saturated heterocycles. The Labute approximate surface area is 128 Å². The molecule has 0 aliphatic rings. The molecule has 3 nitrogen and oxygen atoms in total. The molecule has 1 unspecified atom stereocenters. The van der Waals surface area contributed by atoms with Crippen molar-refractivity contribution in [3.05, 3.63) is 65.7 Å². The van der Waals surface area contributed by atoms with Crippen molar-refractivity contribution in [1.29, 1.82) is 0 Å². The van der Waals surface area contributed by atoms with Crippen LogP contribution in [0.3, 0.4) is 0 Å². The Morgan fingerprint density at radius 2 is 1.68 bits per heavy atom. The summed E-state index contributed by atoms with van der Waals surface area (Å²) in [6.07, 6.45) is 0. The van der Waals surface area contributed by atoms with Gasteiger partial charge in [-0.25, -0.2) is 8.78 Å². The van der Waals surface area contributed by atoms with Crippen molar-refractivity contribution in [3.8, 4) is 0 Å². The normalized spacial score (nSPS) is 13.5. The standard InChI is InChI=1S/C17H18F2N2O/c1-12(17(22)20-16-10-6-5-9-15(16)19)21(2)11-13-7-3-4-8-14(13)18/h3-10,12H,11H2,1-2H3,(H,20,22)/p+1/t12-/m0/s1. The van der Waals surface area contributed by atoms with Crippen molar-refractivity contribution in [2.45, 2.75) is 19.5 Å². The first kappa shape index (κ1) is 16.1. The summed E-state index contributed by atoms with van der Waals surface area (Å²) in [5.74, 6) is -1.07. The number of anilines is 1. The summed E-state index contributed by atoms with van der Waals surface area (Å²) in [7, 11) is 1.80. The number of benzene rings is 2. The number of nitrogens with one attached hydrogen (secondary N) is 2. The summed E-state index contributed by atoms with van der Waals surface area (Å²) in [4.78, 5) is 13.0. The molecule has 2 aromatic carbocycles. The quantitative estimate of drug-likeness (QED) is 0.870. The van der Waals surface area contributed by atoms with E-state index in [9.17, 15) is 13.6 Å². The molecule has 2 atom stereocenters. The van der Waals surface area contributed by atoms with Gasteiger partial charge in [-0.05, 0) is 25.1 Å². The Morgan fingerprint density at radius 3 is 2.32 bits per heavy atom. The summed E-state index contributed by atoms with van der Waals surface area (Å²) < 4.78 is 27.2. The van der Waals surface area contributed by atoms with Gasteiger partial charge in [0.2, 0.25) is 0 Å². The molecule has 5 heteroatoms. The maximum absolute atomic E-state index is 13.7. The lowest BCUT2D eigenvalue weighted by atomic mass is 10.1. The maximum Gasteiger partial charge on any atom is 0.282 e. The van der Waals surface area contributed by atoms with E-state index in [1.165, 1.54) is 18.2 Å². The summed E-state index contributed by atoms with van der Waals surface area (Å²) >= 11 is 0. The summed E-state index contributed by atoms with van der Waals surface area (Å²) in [5.41, 5.74) is 0.698. The summed E-state index contributed by atoms with van der Waals surface area (Å²) in [6, 6.07) is 12.0. The maximum atomic E-state index is 13.7. The van der Waals surface area contributed by atoms with E-state index in [0.717, 1.165) is 4.90 Å². The number of para-hydroxylation sites is 1. The largest absolute Gasteiger partial charge is 0.324 e. The molecule has 0 bridgehead atoms. The van der Waals surface area contributed by atoms with Crippen molar-refractivity contribution in [3.63, 3.8) is 0 Å². The Morgan fingerprint density at radius 1 is 1.09 bits per heavy atom. The fourth-order valence-corrected chi connectivity index (χ4v) is 2.12. The fourth-order valence-electron chi connectivity index (χ4n) is 2.12. The second-order valence-electron chi connectivity index (χ2n) is 5.31. The Kier molecular flexibility index (Phi) is 5.22. The second-order valence-corrected chi connectivity index (χ2v) is 5.31. The number of halogens is 2. The van der Waals surface area contributed by atoms with E-state index in [2.05, 4.69) is 5.32 Å². The molecular formula is C17H19F2N2O+. The highest BCUT2D eigenvalue weighted by Gasteiger charge is 2.23. The van der Waals surface area contributed by atoms with Gasteiger partial charge in [0, 0.05) is 5.56 Å². The smallest absolute Gasteiger partial charge is 0.282 e. The van der Waals surface area contributed by atoms with Crippen LogP contribution in [0.1, 0.15) is 12.5 Å². The zero-order valence-electron chi connectivity index (χ0n) is 12.6. The lowest BCUT2D eigenvalue weighted by molar-refractivity contribution is -0.908. The van der Waals surface area contributed by atoms with Crippen LogP contribution in [0.5, 0.6) is 0 Å². The summed E-state index contributed by atoms with van der Waals surface area (Å²) in [6.45, 7) is 2.10. The monoisotopic (exact) mass is 305 g/mol. The van der Waals surface area contributed by atoms with E-state index in [-0.39, 0.29) is 17.4 Å². The van der Waals surface area contributed by atoms with Crippen LogP contribution in [-0.2, 0) is 11.3 Å². The number of hydrogen-bond acceptors (Lipinski definition) is 1. The van der Waals surface area contributed by atoms with Crippen LogP contribution in [-0.4, -0.2) is 19.0 Å². The molecule has 0 aliphatic heterocycles. The molecule has 2 N–H and O–H groups in total. The zero-order chi connectivity index (χ0) is 16.1. The van der Waals surface area contributed by atoms with Gasteiger partial charge in [-0.1, -0.05) is 30.3 Å². The van der Waals surface area contributed by atoms with Crippen LogP contribution in [0.2, 0.25) is 0 Å². The van der Waals surface area contributed by atoms with E-state index in [0.29, 0.717) is 12.1 Å². The Bertz CT molecular complexity index is 661. The molecule has 2 aromatic rings. The molecule has 0 heterocycles. The van der Waals surface area contributed by atoms with E-state index < -0.39 is 11.9 Å². The van der Waals surface area contributed by atoms with Crippen molar-refractivity contribution < 1.29 is 18.5 Å². The number of carbonyl (C=O) groups excluding carboxylic acids is 1. The number of quaternary nitrogens is 1. The van der Waals surface area contributed by atoms with Crippen LogP contribution >= 0.6 is 0 Å². The van der Waals surface area contributed by atoms with E-state index in [1.54, 1.807) is 44.3 Å². The highest BCUT2D eigenvalue weighted by atomic mass is 19.1. The van der Waals surface area contributed by atoms with Crippen molar-refractivity contribution >= 4 is 11.6 Å². The first-order chi connectivity index (χ1) is 10.5. The highest BCUT2D eigenvalue weighted by molar-refractivity contribution is 5.93. The van der Waals surface area contributed by atoms with Crippen LogP contribution < -0.4 is 10.2 Å². The fraction of sp³-hybridized carbons (Fsp3) is 0.235. The molecule has 0 radical (unpaired) electrons. The third-order valence-electron chi connectivity index (χ3n) is 3.69. The van der Waals surface area contributed by atoms with Crippen molar-refractivity contribution in [2.24, 2.45) is 0 Å². The minimum atomic E-state index is -0.477. The van der Waals surface area contributed by atoms with E-state index in [4.69, 9.17) is 0 Å². The minimum Gasteiger partial charge on any atom is -0.324 e. The van der Waals surface area contributed by atoms with Gasteiger partial charge in [-0.2, -0.15) is 0 Å². The van der Waals surface area contributed by atoms with E-state index >= 15 is 0 Å². The number of amides is 1. The van der Waals surface area contributed by atoms with Gasteiger partial charge in [0.15, 0.2) is 6.04 Å². The molecule has 0 aliphatic carbocycles. The first-order valence-corrected chi connectivity index (χ1v) is 7.10. The summed E-state index contributed by atoms with van der Waals surface area (Å²) in [5, 5.41) is 2.56. The average molecular weight is 305 g/mol. The molecule has 1 amide bonds. The van der Waals surface area contributed by atoms with Crippen molar-refractivity contribution in [1.82, 2.24) is 0 Å². The van der Waals surface area contributed by atoms with Crippen LogP contribution in [0, 0.1) is 11.6 Å². The topological polar surface area (TPSA) is 33.5 Å². The van der Waals surface area contributed by atoms with Gasteiger partial charge >= 0.3 is 0 Å². The third kappa shape index (κ3) is 3.89. The third-order valence-corrected chi connectivity index (χ3v) is 3.69. The minimum absolute atomic E-state index is 0.151. The lowest BCUT2D eigenvalue weighted by Crippen LogP contribution is -3.12. The molecule has 2 rings (SSSR count). The van der Waals surface area contributed by atoms with Crippen molar-refractivity contribution in [2.75, 3.05) is 12.4 Å². The molecule has 116 valence electrons. The molecule has 0 aromatic heterocycles. The number of rotatable bonds is 5. The lowest BCUT2D eigenvalue weighted by Gasteiger charge is -2.21. The second kappa shape index (κ2) is 7.13. The van der Waals surface area contributed by atoms with Gasteiger partial charge in [-0.3, -0.25) is 4.79 Å². The molecule has 0 spiro atoms. The SMILES string of the molecule is C[C@@H](C(=O)Nc1ccccc1F)[NH+](C)Cc1ccccc1F. The van der Waals surface area contributed by atoms with Gasteiger partial charge in [0.05, 0.1) is 12.7 Å². The molecule has 0 fully saturated rings. The van der Waals surface area contributed by atoms with E-state index in [1.807, 2.05) is 0 Å². The van der Waals surface area contributed by atoms with Crippen LogP contribution in [0.4, 0.5) is 14.5 Å². The highest BCUT2D eigenvalue weighted by Crippen LogP contribution is 2.12. The number of carbonyl (C=O) groups is 1. The Hall–Kier alpha value is -2.27. The predicted molar refractivity (Wildman–Crippen MR) is 81.5 cm³/mol. The average Bonchev–Trinajstić information content (AvgIpc) is 2.51. The molecular weight excluding hydrogens is 286 g/mol. The number of likely N-dealkylation sites (N-methyl/N-ethyl adjacent to an activating group) is 1. The number of hydrogen-bond donors (Lipinski definition) is 2. The van der Waals surface area contributed by atoms with Gasteiger partial charge in [0.1, 0.15) is 18.2 Å². The zero-order valence-corrected chi connectivity index (χ0v) is 12.6. The van der Waals surface area contributed by atoms with Gasteiger partial charge in [-0.15, -0.1) is 0 Å². The molecule has 22 heavy (non-hydrogen) atoms.